The molecule has 3 heteroatoms. The van der Waals surface area contributed by atoms with E-state index in [9.17, 15) is 4.79 Å². The lowest BCUT2D eigenvalue weighted by Crippen LogP contribution is -2.18. The molecule has 0 rings (SSSR count). The van der Waals surface area contributed by atoms with Gasteiger partial charge in [-0.25, -0.2) is 0 Å². The third kappa shape index (κ3) is 4.13. The zero-order chi connectivity index (χ0) is 9.56. The molecule has 0 aromatic heterocycles. The number of rotatable bonds is 5. The molecule has 12 heavy (non-hydrogen) atoms. The maximum absolute atomic E-state index is 10.6. The van der Waals surface area contributed by atoms with Crippen LogP contribution in [0.2, 0.25) is 0 Å². The Labute approximate surface area is 73.0 Å². The Bertz CT molecular complexity index is 163. The number of allylic oxidation sites excluding steroid dienone is 1. The van der Waals surface area contributed by atoms with E-state index >= 15 is 0 Å². The molecule has 0 saturated heterocycles. The van der Waals surface area contributed by atoms with Crippen molar-refractivity contribution in [2.24, 2.45) is 5.92 Å². The van der Waals surface area contributed by atoms with Crippen molar-refractivity contribution in [3.05, 3.63) is 12.2 Å². The number of carboxylic acids is 1. The fourth-order valence-electron chi connectivity index (χ4n) is 0.948. The highest BCUT2D eigenvalue weighted by Crippen LogP contribution is 2.10. The van der Waals surface area contributed by atoms with Crippen molar-refractivity contribution in [2.75, 3.05) is 7.11 Å². The van der Waals surface area contributed by atoms with Gasteiger partial charge in [-0.05, 0) is 20.3 Å². The monoisotopic (exact) mass is 172 g/mol. The average Bonchev–Trinajstić information content (AvgIpc) is 2.03. The molecule has 0 amide bonds. The van der Waals surface area contributed by atoms with Gasteiger partial charge in [-0.1, -0.05) is 12.2 Å². The summed E-state index contributed by atoms with van der Waals surface area (Å²) in [6.07, 6.45) is 3.94. The van der Waals surface area contributed by atoms with Crippen molar-refractivity contribution in [2.45, 2.75) is 26.4 Å². The zero-order valence-electron chi connectivity index (χ0n) is 7.78. The summed E-state index contributed by atoms with van der Waals surface area (Å²) in [6, 6.07) is 0. The number of hydrogen-bond acceptors (Lipinski definition) is 2. The van der Waals surface area contributed by atoms with Gasteiger partial charge in [-0.2, -0.15) is 0 Å². The normalized spacial score (nSPS) is 16.2. The molecule has 3 nitrogen and oxygen atoms in total. The molecule has 0 aliphatic rings. The first kappa shape index (κ1) is 11.2. The van der Waals surface area contributed by atoms with Crippen molar-refractivity contribution in [1.82, 2.24) is 0 Å². The summed E-state index contributed by atoms with van der Waals surface area (Å²) in [4.78, 5) is 10.6. The van der Waals surface area contributed by atoms with Crippen LogP contribution >= 0.6 is 0 Å². The lowest BCUT2D eigenvalue weighted by atomic mass is 10.0. The van der Waals surface area contributed by atoms with Crippen LogP contribution in [0.5, 0.6) is 0 Å². The molecule has 0 spiro atoms. The van der Waals surface area contributed by atoms with Gasteiger partial charge in [-0.3, -0.25) is 4.79 Å². The lowest BCUT2D eigenvalue weighted by molar-refractivity contribution is -0.141. The molecule has 0 aromatic rings. The second kappa shape index (κ2) is 5.77. The van der Waals surface area contributed by atoms with Gasteiger partial charge in [0.1, 0.15) is 0 Å². The molecular formula is C9H16O3. The summed E-state index contributed by atoms with van der Waals surface area (Å²) < 4.78 is 4.98. The molecule has 0 fully saturated rings. The highest BCUT2D eigenvalue weighted by atomic mass is 16.5. The molecule has 0 bridgehead atoms. The fraction of sp³-hybridized carbons (Fsp3) is 0.667. The maximum atomic E-state index is 10.6. The first-order valence-corrected chi connectivity index (χ1v) is 4.00. The molecule has 1 N–H and O–H groups in total. The van der Waals surface area contributed by atoms with E-state index in [0.717, 1.165) is 0 Å². The number of ether oxygens (including phenoxy) is 1. The number of aliphatic carboxylic acids is 1. The van der Waals surface area contributed by atoms with Crippen molar-refractivity contribution < 1.29 is 14.6 Å². The highest BCUT2D eigenvalue weighted by molar-refractivity contribution is 5.72. The number of hydrogen-bond donors (Lipinski definition) is 1. The Morgan fingerprint density at radius 3 is 2.58 bits per heavy atom. The van der Waals surface area contributed by atoms with Crippen LogP contribution in [0.15, 0.2) is 12.2 Å². The summed E-state index contributed by atoms with van der Waals surface area (Å²) in [7, 11) is 1.58. The van der Waals surface area contributed by atoms with Crippen LogP contribution in [0.4, 0.5) is 0 Å². The minimum Gasteiger partial charge on any atom is -0.481 e. The molecular weight excluding hydrogens is 156 g/mol. The van der Waals surface area contributed by atoms with Crippen molar-refractivity contribution in [3.63, 3.8) is 0 Å². The third-order valence-corrected chi connectivity index (χ3v) is 1.73. The molecule has 2 atom stereocenters. The highest BCUT2D eigenvalue weighted by Gasteiger charge is 2.16. The first-order valence-electron chi connectivity index (χ1n) is 4.00. The first-order chi connectivity index (χ1) is 5.61. The molecule has 0 aliphatic heterocycles. The number of methoxy groups -OCH3 is 1. The predicted octanol–water partition coefficient (Wildman–Crippen LogP) is 1.69. The Morgan fingerprint density at radius 2 is 2.25 bits per heavy atom. The van der Waals surface area contributed by atoms with Gasteiger partial charge in [0.2, 0.25) is 0 Å². The van der Waals surface area contributed by atoms with Gasteiger partial charge >= 0.3 is 5.97 Å². The van der Waals surface area contributed by atoms with Gasteiger partial charge in [0.05, 0.1) is 12.0 Å². The van der Waals surface area contributed by atoms with E-state index in [0.29, 0.717) is 6.42 Å². The van der Waals surface area contributed by atoms with Crippen LogP contribution in [0, 0.1) is 5.92 Å². The molecule has 0 saturated carbocycles. The molecule has 0 aliphatic carbocycles. The van der Waals surface area contributed by atoms with Crippen LogP contribution in [0.3, 0.4) is 0 Å². The minimum absolute atomic E-state index is 0.0118. The smallest absolute Gasteiger partial charge is 0.310 e. The average molecular weight is 172 g/mol. The second-order valence-electron chi connectivity index (χ2n) is 2.75. The summed E-state index contributed by atoms with van der Waals surface area (Å²) in [5.41, 5.74) is 0. The van der Waals surface area contributed by atoms with Crippen LogP contribution in [0.25, 0.3) is 0 Å². The summed E-state index contributed by atoms with van der Waals surface area (Å²) in [5.74, 6) is -1.22. The lowest BCUT2D eigenvalue weighted by Gasteiger charge is -2.12. The molecule has 70 valence electrons. The van der Waals surface area contributed by atoms with Gasteiger partial charge in [0, 0.05) is 7.11 Å². The van der Waals surface area contributed by atoms with Crippen LogP contribution in [0.1, 0.15) is 20.3 Å². The van der Waals surface area contributed by atoms with Gasteiger partial charge < -0.3 is 9.84 Å². The Hall–Kier alpha value is -0.830. The fourth-order valence-corrected chi connectivity index (χ4v) is 0.948. The van der Waals surface area contributed by atoms with E-state index in [4.69, 9.17) is 9.84 Å². The molecule has 0 aromatic carbocycles. The molecule has 2 unspecified atom stereocenters. The molecule has 0 radical (unpaired) electrons. The Morgan fingerprint density at radius 1 is 1.67 bits per heavy atom. The van der Waals surface area contributed by atoms with Crippen LogP contribution in [-0.2, 0) is 9.53 Å². The predicted molar refractivity (Wildman–Crippen MR) is 47.0 cm³/mol. The summed E-state index contributed by atoms with van der Waals surface area (Å²) in [6.45, 7) is 3.67. The van der Waals surface area contributed by atoms with Crippen molar-refractivity contribution in [3.8, 4) is 0 Å². The van der Waals surface area contributed by atoms with Crippen LogP contribution < -0.4 is 0 Å². The Kier molecular flexibility index (Phi) is 5.37. The second-order valence-corrected chi connectivity index (χ2v) is 2.75. The van der Waals surface area contributed by atoms with Gasteiger partial charge in [0.25, 0.3) is 0 Å². The van der Waals surface area contributed by atoms with Gasteiger partial charge in [-0.15, -0.1) is 0 Å². The standard InChI is InChI=1S/C9H16O3/c1-4-5-8(9(10)11)6-7(2)12-3/h4-5,7-8H,6H2,1-3H3,(H,10,11). The number of carbonyl (C=O) groups is 1. The van der Waals surface area contributed by atoms with Gasteiger partial charge in [0.15, 0.2) is 0 Å². The van der Waals surface area contributed by atoms with Crippen molar-refractivity contribution >= 4 is 5.97 Å². The number of carboxylic acid groups (broad SMARTS) is 1. The van der Waals surface area contributed by atoms with E-state index in [1.54, 1.807) is 19.3 Å². The van der Waals surface area contributed by atoms with E-state index in [1.807, 2.05) is 13.8 Å². The topological polar surface area (TPSA) is 46.5 Å². The maximum Gasteiger partial charge on any atom is 0.310 e. The summed E-state index contributed by atoms with van der Waals surface area (Å²) >= 11 is 0. The van der Waals surface area contributed by atoms with E-state index in [2.05, 4.69) is 0 Å². The van der Waals surface area contributed by atoms with Crippen LogP contribution in [-0.4, -0.2) is 24.3 Å². The largest absolute Gasteiger partial charge is 0.481 e. The quantitative estimate of drug-likeness (QED) is 0.642. The summed E-state index contributed by atoms with van der Waals surface area (Å²) in [5, 5.41) is 8.74. The third-order valence-electron chi connectivity index (χ3n) is 1.73. The van der Waals surface area contributed by atoms with E-state index < -0.39 is 11.9 Å². The minimum atomic E-state index is -0.794. The zero-order valence-corrected chi connectivity index (χ0v) is 7.78. The van der Waals surface area contributed by atoms with E-state index in [-0.39, 0.29) is 6.10 Å². The van der Waals surface area contributed by atoms with Crippen molar-refractivity contribution in [1.29, 1.82) is 0 Å². The Balaban J connectivity index is 4.04. The van der Waals surface area contributed by atoms with E-state index in [1.165, 1.54) is 0 Å². The SMILES string of the molecule is CC=CC(CC(C)OC)C(=O)O. The molecule has 0 heterocycles.